The van der Waals surface area contributed by atoms with E-state index in [0.29, 0.717) is 18.6 Å². The number of hydrogen-bond acceptors (Lipinski definition) is 6. The van der Waals surface area contributed by atoms with Crippen LogP contribution in [-0.4, -0.2) is 37.2 Å². The molecular formula is C19H24N6O. The first kappa shape index (κ1) is 16.8. The molecule has 4 rings (SSSR count). The first-order valence-corrected chi connectivity index (χ1v) is 9.08. The fraction of sp³-hybridized carbons (Fsp3) is 0.474. The predicted molar refractivity (Wildman–Crippen MR) is 99.6 cm³/mol. The molecule has 1 N–H and O–H groups in total. The van der Waals surface area contributed by atoms with Gasteiger partial charge in [-0.15, -0.1) is 0 Å². The van der Waals surface area contributed by atoms with Gasteiger partial charge < -0.3 is 10.1 Å². The molecule has 0 amide bonds. The van der Waals surface area contributed by atoms with E-state index in [1.54, 1.807) is 0 Å². The van der Waals surface area contributed by atoms with Crippen LogP contribution in [0.2, 0.25) is 0 Å². The fourth-order valence-corrected chi connectivity index (χ4v) is 3.09. The van der Waals surface area contributed by atoms with Gasteiger partial charge in [0.05, 0.1) is 17.4 Å². The van der Waals surface area contributed by atoms with Crippen LogP contribution in [0.4, 0.5) is 5.82 Å². The first-order chi connectivity index (χ1) is 12.5. The van der Waals surface area contributed by atoms with Crippen LogP contribution in [0.1, 0.15) is 36.8 Å². The van der Waals surface area contributed by atoms with Crippen molar-refractivity contribution in [3.63, 3.8) is 0 Å². The van der Waals surface area contributed by atoms with Crippen LogP contribution >= 0.6 is 0 Å². The summed E-state index contributed by atoms with van der Waals surface area (Å²) in [5.41, 5.74) is 3.71. The number of anilines is 1. The normalized spacial score (nSPS) is 16.4. The molecule has 1 aliphatic heterocycles. The van der Waals surface area contributed by atoms with Crippen LogP contribution in [-0.2, 0) is 12.8 Å². The van der Waals surface area contributed by atoms with Gasteiger partial charge in [-0.1, -0.05) is 13.8 Å². The van der Waals surface area contributed by atoms with E-state index in [4.69, 9.17) is 9.72 Å². The molecule has 136 valence electrons. The molecule has 3 aromatic heterocycles. The molecule has 4 heterocycles. The first-order valence-electron chi connectivity index (χ1n) is 9.08. The second-order valence-electron chi connectivity index (χ2n) is 7.20. The minimum Gasteiger partial charge on any atom is -0.488 e. The van der Waals surface area contributed by atoms with Crippen LogP contribution in [0.15, 0.2) is 18.3 Å². The van der Waals surface area contributed by atoms with Gasteiger partial charge in [0.15, 0.2) is 23.0 Å². The Morgan fingerprint density at radius 2 is 2.08 bits per heavy atom. The van der Waals surface area contributed by atoms with E-state index in [1.807, 2.05) is 36.7 Å². The van der Waals surface area contributed by atoms with E-state index in [-0.39, 0.29) is 0 Å². The van der Waals surface area contributed by atoms with E-state index >= 15 is 0 Å². The number of aromatic nitrogens is 5. The average Bonchev–Trinajstić information content (AvgIpc) is 3.08. The third kappa shape index (κ3) is 3.09. The van der Waals surface area contributed by atoms with Gasteiger partial charge in [-0.2, -0.15) is 5.10 Å². The highest BCUT2D eigenvalue weighted by molar-refractivity contribution is 5.53. The summed E-state index contributed by atoms with van der Waals surface area (Å²) in [6.45, 7) is 8.99. The lowest BCUT2D eigenvalue weighted by molar-refractivity contribution is 0.255. The molecule has 1 atom stereocenters. The Bertz CT molecular complexity index is 910. The molecule has 0 unspecified atom stereocenters. The Labute approximate surface area is 152 Å². The fourth-order valence-electron chi connectivity index (χ4n) is 3.09. The molecule has 26 heavy (non-hydrogen) atoms. The number of fused-ring (bicyclic) bond motifs is 2. The lowest BCUT2D eigenvalue weighted by atomic mass is 10.0. The molecule has 0 bridgehead atoms. The number of pyridine rings is 1. The largest absolute Gasteiger partial charge is 0.488 e. The Balaban J connectivity index is 1.51. The molecule has 0 spiro atoms. The minimum absolute atomic E-state index is 0.295. The molecule has 1 aliphatic rings. The zero-order valence-corrected chi connectivity index (χ0v) is 15.7. The summed E-state index contributed by atoms with van der Waals surface area (Å²) in [5, 5.41) is 8.10. The van der Waals surface area contributed by atoms with Gasteiger partial charge in [0.1, 0.15) is 6.61 Å². The molecule has 0 aromatic carbocycles. The van der Waals surface area contributed by atoms with E-state index in [1.165, 1.54) is 0 Å². The highest BCUT2D eigenvalue weighted by atomic mass is 16.5. The van der Waals surface area contributed by atoms with Gasteiger partial charge in [0, 0.05) is 18.3 Å². The number of nitrogens with one attached hydrogen (secondary N) is 1. The van der Waals surface area contributed by atoms with Crippen LogP contribution < -0.4 is 10.1 Å². The summed E-state index contributed by atoms with van der Waals surface area (Å²) >= 11 is 0. The Hall–Kier alpha value is -2.70. The zero-order valence-electron chi connectivity index (χ0n) is 15.7. The summed E-state index contributed by atoms with van der Waals surface area (Å²) in [6.07, 6.45) is 3.34. The predicted octanol–water partition coefficient (Wildman–Crippen LogP) is 2.75. The maximum absolute atomic E-state index is 5.82. The lowest BCUT2D eigenvalue weighted by Gasteiger charge is -2.29. The van der Waals surface area contributed by atoms with Crippen LogP contribution in [0, 0.1) is 19.8 Å². The Morgan fingerprint density at radius 3 is 2.85 bits per heavy atom. The zero-order chi connectivity index (χ0) is 18.3. The van der Waals surface area contributed by atoms with Gasteiger partial charge in [-0.05, 0) is 38.3 Å². The van der Waals surface area contributed by atoms with Crippen molar-refractivity contribution < 1.29 is 4.74 Å². The third-order valence-corrected chi connectivity index (χ3v) is 4.82. The third-order valence-electron chi connectivity index (χ3n) is 4.82. The molecule has 0 radical (unpaired) electrons. The molecule has 7 nitrogen and oxygen atoms in total. The summed E-state index contributed by atoms with van der Waals surface area (Å²) < 4.78 is 7.68. The van der Waals surface area contributed by atoms with Gasteiger partial charge >= 0.3 is 0 Å². The topological polar surface area (TPSA) is 77.2 Å². The van der Waals surface area contributed by atoms with Crippen molar-refractivity contribution in [3.05, 3.63) is 41.2 Å². The maximum Gasteiger partial charge on any atom is 0.177 e. The van der Waals surface area contributed by atoms with Crippen LogP contribution in [0.25, 0.3) is 5.65 Å². The Morgan fingerprint density at radius 1 is 1.23 bits per heavy atom. The van der Waals surface area contributed by atoms with Crippen molar-refractivity contribution in [2.75, 3.05) is 11.9 Å². The van der Waals surface area contributed by atoms with E-state index < -0.39 is 0 Å². The van der Waals surface area contributed by atoms with Gasteiger partial charge in [-0.3, -0.25) is 4.98 Å². The van der Waals surface area contributed by atoms with Crippen molar-refractivity contribution in [1.29, 1.82) is 0 Å². The highest BCUT2D eigenvalue weighted by Gasteiger charge is 2.22. The molecule has 3 aromatic rings. The van der Waals surface area contributed by atoms with E-state index in [9.17, 15) is 0 Å². The van der Waals surface area contributed by atoms with Crippen molar-refractivity contribution in [3.8, 4) is 5.75 Å². The molecule has 0 fully saturated rings. The maximum atomic E-state index is 5.82. The van der Waals surface area contributed by atoms with Crippen LogP contribution in [0.3, 0.4) is 0 Å². The SMILES string of the molecule is Cc1ncc(C)n2nc(CCc3ccc4c(n3)N[C@@H](C(C)C)CO4)nc12. The van der Waals surface area contributed by atoms with Crippen LogP contribution in [0.5, 0.6) is 5.75 Å². The minimum atomic E-state index is 0.295. The molecule has 0 aliphatic carbocycles. The van der Waals surface area contributed by atoms with Crippen molar-refractivity contribution in [1.82, 2.24) is 24.6 Å². The summed E-state index contributed by atoms with van der Waals surface area (Å²) in [4.78, 5) is 13.7. The lowest BCUT2D eigenvalue weighted by Crippen LogP contribution is -2.36. The van der Waals surface area contributed by atoms with Crippen molar-refractivity contribution >= 4 is 11.5 Å². The smallest absolute Gasteiger partial charge is 0.177 e. The molecule has 7 heteroatoms. The molecule has 0 saturated carbocycles. The van der Waals surface area contributed by atoms with Gasteiger partial charge in [-0.25, -0.2) is 14.5 Å². The van der Waals surface area contributed by atoms with Gasteiger partial charge in [0.2, 0.25) is 0 Å². The number of aryl methyl sites for hydroxylation is 4. The summed E-state index contributed by atoms with van der Waals surface area (Å²) in [7, 11) is 0. The second-order valence-corrected chi connectivity index (χ2v) is 7.20. The van der Waals surface area contributed by atoms with E-state index in [2.05, 4.69) is 34.2 Å². The Kier molecular flexibility index (Phi) is 4.22. The van der Waals surface area contributed by atoms with Crippen molar-refractivity contribution in [2.45, 2.75) is 46.6 Å². The molecule has 0 saturated heterocycles. The number of ether oxygens (including phenoxy) is 1. The summed E-state index contributed by atoms with van der Waals surface area (Å²) in [5.74, 6) is 2.98. The van der Waals surface area contributed by atoms with Crippen molar-refractivity contribution in [2.24, 2.45) is 5.92 Å². The second kappa shape index (κ2) is 6.55. The van der Waals surface area contributed by atoms with Gasteiger partial charge in [0.25, 0.3) is 0 Å². The monoisotopic (exact) mass is 352 g/mol. The number of rotatable bonds is 4. The average molecular weight is 352 g/mol. The standard InChI is InChI=1S/C19H24N6O/c1-11(2)15-10-26-16-7-5-14(21-18(16)22-15)6-8-17-23-19-13(4)20-9-12(3)25(19)24-17/h5,7,9,11,15H,6,8,10H2,1-4H3,(H,21,22)/t15-/m1/s1. The summed E-state index contributed by atoms with van der Waals surface area (Å²) in [6, 6.07) is 4.31. The highest BCUT2D eigenvalue weighted by Crippen LogP contribution is 2.29. The number of hydrogen-bond donors (Lipinski definition) is 1. The quantitative estimate of drug-likeness (QED) is 0.778. The van der Waals surface area contributed by atoms with E-state index in [0.717, 1.165) is 53.0 Å². The number of nitrogens with zero attached hydrogens (tertiary/aromatic N) is 5. The molecular weight excluding hydrogens is 328 g/mol.